The Kier molecular flexibility index (Phi) is 11.7. The minimum Gasteiger partial charge on any atom is -0.508 e. The summed E-state index contributed by atoms with van der Waals surface area (Å²) in [5.74, 6) is -3.63. The van der Waals surface area contributed by atoms with Crippen LogP contribution >= 0.6 is 11.6 Å². The summed E-state index contributed by atoms with van der Waals surface area (Å²) in [7, 11) is 1.53. The van der Waals surface area contributed by atoms with Crippen molar-refractivity contribution >= 4 is 41.0 Å². The van der Waals surface area contributed by atoms with Crippen molar-refractivity contribution in [2.45, 2.75) is 51.0 Å². The number of aliphatic carboxylic acids is 1. The number of aliphatic hydroxyl groups is 2. The number of fused-ring (bicyclic) bond motifs is 1. The molecule has 2 amide bonds. The third kappa shape index (κ3) is 7.77. The molecule has 0 bridgehead atoms. The van der Waals surface area contributed by atoms with E-state index in [1.54, 1.807) is 12.1 Å². The summed E-state index contributed by atoms with van der Waals surface area (Å²) in [5, 5.41) is 41.2. The van der Waals surface area contributed by atoms with Crippen LogP contribution in [0.3, 0.4) is 0 Å². The first kappa shape index (κ1) is 33.4. The van der Waals surface area contributed by atoms with Gasteiger partial charge < -0.3 is 25.2 Å². The number of rotatable bonds is 15. The first-order valence-electron chi connectivity index (χ1n) is 15.0. The number of aromatic hydroxyl groups is 1. The molecule has 0 unspecified atom stereocenters. The predicted molar refractivity (Wildman–Crippen MR) is 167 cm³/mol. The molecule has 0 saturated carbocycles. The highest BCUT2D eigenvalue weighted by atomic mass is 35.5. The molecule has 0 spiro atoms. The Morgan fingerprint density at radius 3 is 2.50 bits per heavy atom. The van der Waals surface area contributed by atoms with Gasteiger partial charge in [-0.05, 0) is 84.2 Å². The Hall–Kier alpha value is -3.50. The number of likely N-dealkylation sites (tertiary alicyclic amines) is 1. The molecule has 2 aromatic rings. The molecule has 1 aliphatic carbocycles. The highest BCUT2D eigenvalue weighted by molar-refractivity contribution is 6.32. The summed E-state index contributed by atoms with van der Waals surface area (Å²) in [5.41, 5.74) is 3.82. The third-order valence-electron chi connectivity index (χ3n) is 8.57. The van der Waals surface area contributed by atoms with Crippen molar-refractivity contribution in [3.63, 3.8) is 0 Å². The van der Waals surface area contributed by atoms with Crippen molar-refractivity contribution in [2.75, 3.05) is 26.9 Å². The van der Waals surface area contributed by atoms with E-state index in [2.05, 4.69) is 0 Å². The lowest BCUT2D eigenvalue weighted by Gasteiger charge is -2.36. The van der Waals surface area contributed by atoms with Gasteiger partial charge in [-0.15, -0.1) is 0 Å². The van der Waals surface area contributed by atoms with Crippen LogP contribution < -0.4 is 0 Å². The number of carboxylic acid groups (broad SMARTS) is 1. The number of ether oxygens (including phenoxy) is 1. The predicted octanol–water partition coefficient (Wildman–Crippen LogP) is 4.93. The molecule has 236 valence electrons. The molecule has 2 aromatic carbocycles. The van der Waals surface area contributed by atoms with E-state index in [9.17, 15) is 29.7 Å². The molecule has 1 heterocycles. The van der Waals surface area contributed by atoms with Crippen molar-refractivity contribution < 1.29 is 39.5 Å². The molecule has 4 rings (SSSR count). The van der Waals surface area contributed by atoms with E-state index in [0.29, 0.717) is 41.8 Å². The maximum atomic E-state index is 13.6. The maximum Gasteiger partial charge on any atom is 0.303 e. The van der Waals surface area contributed by atoms with Gasteiger partial charge in [0.15, 0.2) is 0 Å². The minimum atomic E-state index is -1.01. The van der Waals surface area contributed by atoms with E-state index in [1.807, 2.05) is 36.4 Å². The number of hydrogen-bond donors (Lipinski definition) is 4. The number of allylic oxidation sites excluding steroid dienone is 1. The quantitative estimate of drug-likeness (QED) is 0.0944. The molecular formula is C34H40ClNO8. The van der Waals surface area contributed by atoms with Crippen LogP contribution in [0.25, 0.3) is 11.6 Å². The molecular weight excluding hydrogens is 586 g/mol. The average molecular weight is 626 g/mol. The van der Waals surface area contributed by atoms with Crippen LogP contribution in [-0.4, -0.2) is 76.1 Å². The largest absolute Gasteiger partial charge is 0.508 e. The average Bonchev–Trinajstić information content (AvgIpc) is 3.24. The number of aliphatic hydroxyl groups excluding tert-OH is 2. The number of carboxylic acids is 1. The Balaban J connectivity index is 1.56. The van der Waals surface area contributed by atoms with Gasteiger partial charge in [0.25, 0.3) is 0 Å². The van der Waals surface area contributed by atoms with Crippen molar-refractivity contribution in [1.82, 2.24) is 4.90 Å². The van der Waals surface area contributed by atoms with Crippen LogP contribution in [-0.2, 0) is 19.1 Å². The molecule has 44 heavy (non-hydrogen) atoms. The van der Waals surface area contributed by atoms with Crippen LogP contribution in [0.1, 0.15) is 56.1 Å². The van der Waals surface area contributed by atoms with Gasteiger partial charge in [0.05, 0.1) is 36.2 Å². The van der Waals surface area contributed by atoms with E-state index in [4.69, 9.17) is 21.4 Å². The number of carbonyl (C=O) groups is 3. The van der Waals surface area contributed by atoms with Gasteiger partial charge in [-0.2, -0.15) is 0 Å². The first-order chi connectivity index (χ1) is 21.2. The smallest absolute Gasteiger partial charge is 0.303 e. The van der Waals surface area contributed by atoms with E-state index in [-0.39, 0.29) is 50.0 Å². The first-order valence-corrected chi connectivity index (χ1v) is 15.3. The number of carbonyl (C=O) groups excluding carboxylic acids is 2. The highest BCUT2D eigenvalue weighted by Gasteiger charge is 2.54. The topological polar surface area (TPSA) is 145 Å². The van der Waals surface area contributed by atoms with Gasteiger partial charge in [-0.3, -0.25) is 19.3 Å². The zero-order valence-corrected chi connectivity index (χ0v) is 25.6. The number of hydrogen-bond acceptors (Lipinski definition) is 7. The molecule has 4 N–H and O–H groups in total. The Morgan fingerprint density at radius 2 is 1.84 bits per heavy atom. The highest BCUT2D eigenvalue weighted by Crippen LogP contribution is 2.46. The molecule has 0 radical (unpaired) electrons. The van der Waals surface area contributed by atoms with Crippen LogP contribution in [0.2, 0.25) is 5.02 Å². The zero-order valence-electron chi connectivity index (χ0n) is 24.8. The van der Waals surface area contributed by atoms with Crippen LogP contribution in [0.4, 0.5) is 0 Å². The van der Waals surface area contributed by atoms with Gasteiger partial charge in [0, 0.05) is 26.0 Å². The van der Waals surface area contributed by atoms with Crippen molar-refractivity contribution in [1.29, 1.82) is 0 Å². The Labute approximate surface area is 262 Å². The summed E-state index contributed by atoms with van der Waals surface area (Å²) in [6.45, 7) is -0.0466. The Bertz CT molecular complexity index is 1410. The summed E-state index contributed by atoms with van der Waals surface area (Å²) < 4.78 is 5.44. The van der Waals surface area contributed by atoms with Crippen molar-refractivity contribution in [3.05, 3.63) is 75.8 Å². The lowest BCUT2D eigenvalue weighted by Crippen LogP contribution is -2.39. The van der Waals surface area contributed by atoms with E-state index in [1.165, 1.54) is 18.1 Å². The lowest BCUT2D eigenvalue weighted by atomic mass is 9.68. The zero-order chi connectivity index (χ0) is 31.8. The molecule has 9 nitrogen and oxygen atoms in total. The molecule has 1 aliphatic heterocycles. The molecule has 1 fully saturated rings. The van der Waals surface area contributed by atoms with Crippen LogP contribution in [0, 0.1) is 17.8 Å². The second kappa shape index (κ2) is 15.5. The molecule has 0 aromatic heterocycles. The monoisotopic (exact) mass is 625 g/mol. The number of amides is 2. The summed E-state index contributed by atoms with van der Waals surface area (Å²) >= 11 is 6.40. The van der Waals surface area contributed by atoms with Crippen LogP contribution in [0.15, 0.2) is 59.7 Å². The van der Waals surface area contributed by atoms with E-state index >= 15 is 0 Å². The summed E-state index contributed by atoms with van der Waals surface area (Å²) in [6.07, 6.45) is 3.46. The molecule has 1 saturated heterocycles. The fourth-order valence-electron chi connectivity index (χ4n) is 6.50. The van der Waals surface area contributed by atoms with Gasteiger partial charge in [-0.25, -0.2) is 0 Å². The number of phenolic OH excluding ortho intramolecular Hbond substituents is 1. The SMILES string of the molecule is COCC1=C([C@H](O)CC/C(=C/c2ccc(O)cc2Cl)c2ccccc2)[C@H](CO)[C@@H]2C(=O)N(CCCCCC(=O)O)C(=O)[C@@H]2C1. The maximum absolute atomic E-state index is 13.6. The number of halogens is 1. The van der Waals surface area contributed by atoms with Crippen molar-refractivity contribution in [3.8, 4) is 5.75 Å². The molecule has 2 aliphatic rings. The van der Waals surface area contributed by atoms with E-state index < -0.39 is 36.4 Å². The number of unbranched alkanes of at least 4 members (excludes halogenated alkanes) is 2. The number of nitrogens with zero attached hydrogens (tertiary/aromatic N) is 1. The van der Waals surface area contributed by atoms with E-state index in [0.717, 1.165) is 16.7 Å². The molecule has 4 atom stereocenters. The van der Waals surface area contributed by atoms with Crippen molar-refractivity contribution in [2.24, 2.45) is 17.8 Å². The fourth-order valence-corrected chi connectivity index (χ4v) is 6.72. The number of methoxy groups -OCH3 is 1. The normalized spacial score (nSPS) is 21.1. The number of benzene rings is 2. The Morgan fingerprint density at radius 1 is 1.09 bits per heavy atom. The third-order valence-corrected chi connectivity index (χ3v) is 8.89. The van der Waals surface area contributed by atoms with Gasteiger partial charge >= 0.3 is 5.97 Å². The number of phenols is 1. The number of imide groups is 1. The van der Waals surface area contributed by atoms with Gasteiger partial charge in [-0.1, -0.05) is 48.4 Å². The second-order valence-electron chi connectivity index (χ2n) is 11.4. The fraction of sp³-hybridized carbons (Fsp3) is 0.441. The standard InChI is InChI=1S/C34H40ClNO8/c1-44-20-24-17-26-32(34(43)36(33(26)42)15-7-3-6-10-30(40)41)27(19-37)31(24)29(39)14-12-22(21-8-4-2-5-9-21)16-23-11-13-25(38)18-28(23)35/h2,4-5,8-9,11,13,16,18,26-27,29,32,37-39H,3,6-7,10,12,14-15,17,19-20H2,1H3,(H,40,41)/b22-16-/t26-,27+,29-,32-/m1/s1. The minimum absolute atomic E-state index is 0.0361. The van der Waals surface area contributed by atoms with Crippen LogP contribution in [0.5, 0.6) is 5.75 Å². The lowest BCUT2D eigenvalue weighted by molar-refractivity contribution is -0.141. The molecule has 10 heteroatoms. The second-order valence-corrected chi connectivity index (χ2v) is 11.9. The van der Waals surface area contributed by atoms with Gasteiger partial charge in [0.2, 0.25) is 11.8 Å². The summed E-state index contributed by atoms with van der Waals surface area (Å²) in [6, 6.07) is 14.4. The van der Waals surface area contributed by atoms with Gasteiger partial charge in [0.1, 0.15) is 5.75 Å². The summed E-state index contributed by atoms with van der Waals surface area (Å²) in [4.78, 5) is 39.0.